The van der Waals surface area contributed by atoms with Crippen LogP contribution in [0.3, 0.4) is 0 Å². The molecule has 3 rings (SSSR count). The highest BCUT2D eigenvalue weighted by atomic mass is 19.1. The van der Waals surface area contributed by atoms with Gasteiger partial charge < -0.3 is 19.7 Å². The van der Waals surface area contributed by atoms with E-state index >= 15 is 0 Å². The third-order valence-electron chi connectivity index (χ3n) is 6.43. The maximum absolute atomic E-state index is 13.5. The van der Waals surface area contributed by atoms with Crippen molar-refractivity contribution in [2.45, 2.75) is 39.3 Å². The highest BCUT2D eigenvalue weighted by Gasteiger charge is 2.28. The van der Waals surface area contributed by atoms with Crippen LogP contribution in [-0.4, -0.2) is 74.2 Å². The van der Waals surface area contributed by atoms with Crippen LogP contribution < -0.4 is 10.1 Å². The van der Waals surface area contributed by atoms with Gasteiger partial charge in [0, 0.05) is 44.5 Å². The molecule has 0 spiro atoms. The molecule has 0 bridgehead atoms. The van der Waals surface area contributed by atoms with Crippen LogP contribution in [0.4, 0.5) is 10.1 Å². The number of likely N-dealkylation sites (N-methyl/N-ethyl adjacent to an activating group) is 1. The van der Waals surface area contributed by atoms with Gasteiger partial charge >= 0.3 is 0 Å². The van der Waals surface area contributed by atoms with E-state index in [4.69, 9.17) is 9.47 Å². The van der Waals surface area contributed by atoms with E-state index in [-0.39, 0.29) is 29.5 Å². The fourth-order valence-corrected chi connectivity index (χ4v) is 4.36. The van der Waals surface area contributed by atoms with Crippen molar-refractivity contribution in [2.24, 2.45) is 5.92 Å². The molecule has 0 saturated heterocycles. The first-order chi connectivity index (χ1) is 16.7. The zero-order valence-electron chi connectivity index (χ0n) is 21.2. The Morgan fingerprint density at radius 2 is 1.97 bits per heavy atom. The molecule has 35 heavy (non-hydrogen) atoms. The number of anilines is 1. The van der Waals surface area contributed by atoms with Crippen LogP contribution in [-0.2, 0) is 4.74 Å². The van der Waals surface area contributed by atoms with Gasteiger partial charge in [-0.2, -0.15) is 0 Å². The molecule has 0 aliphatic carbocycles. The topological polar surface area (TPSA) is 71.1 Å². The predicted octanol–water partition coefficient (Wildman–Crippen LogP) is 4.29. The molecule has 190 valence electrons. The van der Waals surface area contributed by atoms with Crippen LogP contribution in [0.1, 0.15) is 47.9 Å². The normalized spacial score (nSPS) is 21.9. The first kappa shape index (κ1) is 26.6. The average molecular weight is 486 g/mol. The van der Waals surface area contributed by atoms with E-state index in [1.165, 1.54) is 24.3 Å². The van der Waals surface area contributed by atoms with E-state index < -0.39 is 11.7 Å². The number of benzene rings is 2. The van der Waals surface area contributed by atoms with Crippen LogP contribution in [0.25, 0.3) is 0 Å². The van der Waals surface area contributed by atoms with Gasteiger partial charge in [-0.15, -0.1) is 0 Å². The summed E-state index contributed by atoms with van der Waals surface area (Å²) in [5.74, 6) is -0.517. The SMILES string of the molecule is CCCN1C[C@H](C)[C@@H](OC)CN(C)C(=O)c2cc(NC(=O)c3cccc(F)c3)ccc2OC[C@@H]1C. The Morgan fingerprint density at radius 3 is 2.66 bits per heavy atom. The number of methoxy groups -OCH3 is 1. The zero-order valence-corrected chi connectivity index (χ0v) is 21.2. The smallest absolute Gasteiger partial charge is 0.257 e. The number of hydrogen-bond donors (Lipinski definition) is 1. The summed E-state index contributed by atoms with van der Waals surface area (Å²) in [5.41, 5.74) is 0.967. The molecule has 2 aromatic rings. The molecule has 0 saturated carbocycles. The van der Waals surface area contributed by atoms with Crippen molar-refractivity contribution >= 4 is 17.5 Å². The minimum absolute atomic E-state index is 0.129. The van der Waals surface area contributed by atoms with Crippen molar-refractivity contribution in [3.05, 3.63) is 59.4 Å². The van der Waals surface area contributed by atoms with Crippen LogP contribution in [0.2, 0.25) is 0 Å². The number of amides is 2. The zero-order chi connectivity index (χ0) is 25.5. The maximum atomic E-state index is 13.5. The molecule has 7 nitrogen and oxygen atoms in total. The van der Waals surface area contributed by atoms with Gasteiger partial charge in [-0.3, -0.25) is 14.5 Å². The van der Waals surface area contributed by atoms with Gasteiger partial charge in [0.25, 0.3) is 11.8 Å². The molecule has 1 heterocycles. The number of rotatable bonds is 5. The Morgan fingerprint density at radius 1 is 1.20 bits per heavy atom. The maximum Gasteiger partial charge on any atom is 0.257 e. The lowest BCUT2D eigenvalue weighted by Crippen LogP contribution is -2.46. The Hall–Kier alpha value is -2.97. The molecule has 1 aliphatic rings. The molecule has 0 fully saturated rings. The molecule has 0 aromatic heterocycles. The highest BCUT2D eigenvalue weighted by molar-refractivity contribution is 6.05. The summed E-state index contributed by atoms with van der Waals surface area (Å²) >= 11 is 0. The lowest BCUT2D eigenvalue weighted by Gasteiger charge is -2.35. The number of halogens is 1. The summed E-state index contributed by atoms with van der Waals surface area (Å²) in [6.45, 7) is 9.05. The van der Waals surface area contributed by atoms with E-state index in [9.17, 15) is 14.0 Å². The molecule has 1 N–H and O–H groups in total. The molecular formula is C27H36FN3O4. The van der Waals surface area contributed by atoms with E-state index in [1.807, 2.05) is 0 Å². The summed E-state index contributed by atoms with van der Waals surface area (Å²) < 4.78 is 25.4. The molecule has 1 aliphatic heterocycles. The summed E-state index contributed by atoms with van der Waals surface area (Å²) in [6, 6.07) is 10.6. The second-order valence-electron chi connectivity index (χ2n) is 9.27. The van der Waals surface area contributed by atoms with Crippen molar-refractivity contribution in [3.8, 4) is 5.75 Å². The van der Waals surface area contributed by atoms with E-state index in [0.717, 1.165) is 19.5 Å². The van der Waals surface area contributed by atoms with Gasteiger partial charge in [-0.1, -0.05) is 19.9 Å². The highest BCUT2D eigenvalue weighted by Crippen LogP contribution is 2.27. The minimum atomic E-state index is -0.492. The summed E-state index contributed by atoms with van der Waals surface area (Å²) in [7, 11) is 3.41. The second-order valence-corrected chi connectivity index (χ2v) is 9.27. The van der Waals surface area contributed by atoms with Crippen molar-refractivity contribution in [3.63, 3.8) is 0 Å². The van der Waals surface area contributed by atoms with Gasteiger partial charge in [0.2, 0.25) is 0 Å². The first-order valence-electron chi connectivity index (χ1n) is 12.1. The molecule has 8 heteroatoms. The molecular weight excluding hydrogens is 449 g/mol. The van der Waals surface area contributed by atoms with Gasteiger partial charge in [0.1, 0.15) is 18.2 Å². The Labute approximate surface area is 207 Å². The number of hydrogen-bond acceptors (Lipinski definition) is 5. The largest absolute Gasteiger partial charge is 0.491 e. The number of ether oxygens (including phenoxy) is 2. The quantitative estimate of drug-likeness (QED) is 0.684. The third-order valence-corrected chi connectivity index (χ3v) is 6.43. The number of carbonyl (C=O) groups is 2. The number of nitrogens with zero attached hydrogens (tertiary/aromatic N) is 2. The Bertz CT molecular complexity index is 1030. The third kappa shape index (κ3) is 6.80. The van der Waals surface area contributed by atoms with Crippen LogP contribution in [0.15, 0.2) is 42.5 Å². The van der Waals surface area contributed by atoms with E-state index in [0.29, 0.717) is 30.2 Å². The molecule has 2 aromatic carbocycles. The molecule has 0 unspecified atom stereocenters. The number of nitrogens with one attached hydrogen (secondary N) is 1. The first-order valence-corrected chi connectivity index (χ1v) is 12.1. The number of fused-ring (bicyclic) bond motifs is 1. The average Bonchev–Trinajstić information content (AvgIpc) is 2.84. The molecule has 0 radical (unpaired) electrons. The van der Waals surface area contributed by atoms with Gasteiger partial charge in [-0.05, 0) is 62.2 Å². The van der Waals surface area contributed by atoms with Crippen molar-refractivity contribution in [1.29, 1.82) is 0 Å². The monoisotopic (exact) mass is 485 g/mol. The predicted molar refractivity (Wildman–Crippen MR) is 135 cm³/mol. The lowest BCUT2D eigenvalue weighted by molar-refractivity contribution is 0.0108. The van der Waals surface area contributed by atoms with Crippen molar-refractivity contribution in [1.82, 2.24) is 9.80 Å². The Balaban J connectivity index is 1.92. The summed E-state index contributed by atoms with van der Waals surface area (Å²) in [5, 5.41) is 2.75. The second kappa shape index (κ2) is 12.1. The van der Waals surface area contributed by atoms with Gasteiger partial charge in [0.05, 0.1) is 11.7 Å². The standard InChI is InChI=1S/C27H36FN3O4/c1-6-12-31-15-18(2)25(34-5)16-30(4)27(33)23-14-22(10-11-24(23)35-17-19(31)3)29-26(32)20-8-7-9-21(28)13-20/h7-11,13-14,18-19,25H,6,12,15-17H2,1-5H3,(H,29,32)/t18-,19-,25-/m0/s1. The van der Waals surface area contributed by atoms with E-state index in [1.54, 1.807) is 37.3 Å². The molecule has 3 atom stereocenters. The van der Waals surface area contributed by atoms with Crippen LogP contribution in [0.5, 0.6) is 5.75 Å². The molecule has 2 amide bonds. The van der Waals surface area contributed by atoms with Crippen molar-refractivity contribution < 1.29 is 23.5 Å². The van der Waals surface area contributed by atoms with Crippen LogP contribution >= 0.6 is 0 Å². The van der Waals surface area contributed by atoms with Crippen molar-refractivity contribution in [2.75, 3.05) is 45.7 Å². The summed E-state index contributed by atoms with van der Waals surface area (Å²) in [6.07, 6.45) is 0.896. The lowest BCUT2D eigenvalue weighted by atomic mass is 10.0. The summed E-state index contributed by atoms with van der Waals surface area (Å²) in [4.78, 5) is 30.1. The fraction of sp³-hybridized carbons (Fsp3) is 0.481. The van der Waals surface area contributed by atoms with Gasteiger partial charge in [-0.25, -0.2) is 4.39 Å². The number of carbonyl (C=O) groups excluding carboxylic acids is 2. The Kier molecular flexibility index (Phi) is 9.23. The van der Waals surface area contributed by atoms with Crippen LogP contribution in [0, 0.1) is 11.7 Å². The van der Waals surface area contributed by atoms with E-state index in [2.05, 4.69) is 31.0 Å². The minimum Gasteiger partial charge on any atom is -0.491 e. The van der Waals surface area contributed by atoms with Gasteiger partial charge in [0.15, 0.2) is 0 Å². The fourth-order valence-electron chi connectivity index (χ4n) is 4.36.